The van der Waals surface area contributed by atoms with Crippen LogP contribution in [0.1, 0.15) is 40.0 Å². The van der Waals surface area contributed by atoms with Crippen LogP contribution in [-0.4, -0.2) is 52.4 Å². The number of benzene rings is 1. The Balaban J connectivity index is 1.33. The van der Waals surface area contributed by atoms with Crippen molar-refractivity contribution in [2.75, 3.05) is 19.6 Å². The van der Waals surface area contributed by atoms with Crippen LogP contribution in [0.4, 0.5) is 0 Å². The van der Waals surface area contributed by atoms with Crippen LogP contribution >= 0.6 is 0 Å². The zero-order valence-electron chi connectivity index (χ0n) is 16.0. The quantitative estimate of drug-likeness (QED) is 0.825. The number of rotatable bonds is 2. The molecule has 2 aromatic rings. The van der Waals surface area contributed by atoms with Gasteiger partial charge < -0.3 is 4.90 Å². The normalized spacial score (nSPS) is 25.4. The first-order valence-corrected chi connectivity index (χ1v) is 10.2. The Morgan fingerprint density at radius 3 is 2.44 bits per heavy atom. The van der Waals surface area contributed by atoms with Gasteiger partial charge in [0.25, 0.3) is 5.91 Å². The maximum atomic E-state index is 13.1. The maximum absolute atomic E-state index is 13.1. The second-order valence-corrected chi connectivity index (χ2v) is 8.53. The Hall–Kier alpha value is -2.20. The van der Waals surface area contributed by atoms with Gasteiger partial charge in [0.2, 0.25) is 0 Å². The molecule has 0 radical (unpaired) electrons. The lowest BCUT2D eigenvalue weighted by Crippen LogP contribution is -2.48. The zero-order valence-corrected chi connectivity index (χ0v) is 16.0. The summed E-state index contributed by atoms with van der Waals surface area (Å²) in [7, 11) is 0. The number of amides is 1. The molecule has 4 nitrogen and oxygen atoms in total. The summed E-state index contributed by atoms with van der Waals surface area (Å²) in [5.41, 5.74) is 4.71. The van der Waals surface area contributed by atoms with E-state index in [9.17, 15) is 4.79 Å². The van der Waals surface area contributed by atoms with E-state index in [-0.39, 0.29) is 5.91 Å². The summed E-state index contributed by atoms with van der Waals surface area (Å²) in [6.07, 6.45) is 6.43. The standard InChI is InChI=1S/C23H27N3O/c1-16-6-8-20(12-24-16)23(27)26-14-17-7-9-21(26)15-25(13-17)22-10-18-4-2-3-5-19(18)11-22/h2-6,8,12,17,21-22H,7,9-11,13-15H2,1H3/t17-,21+/m0/s1. The van der Waals surface area contributed by atoms with Crippen LogP contribution in [0.3, 0.4) is 0 Å². The molecule has 3 aliphatic heterocycles. The van der Waals surface area contributed by atoms with Crippen molar-refractivity contribution >= 4 is 5.91 Å². The molecule has 0 saturated carbocycles. The van der Waals surface area contributed by atoms with Gasteiger partial charge in [0, 0.05) is 43.6 Å². The molecule has 0 N–H and O–H groups in total. The zero-order chi connectivity index (χ0) is 18.4. The molecule has 27 heavy (non-hydrogen) atoms. The summed E-state index contributed by atoms with van der Waals surface area (Å²) < 4.78 is 0. The van der Waals surface area contributed by atoms with E-state index < -0.39 is 0 Å². The largest absolute Gasteiger partial charge is 0.334 e. The van der Waals surface area contributed by atoms with Gasteiger partial charge in [0.05, 0.1) is 5.56 Å². The molecule has 140 valence electrons. The minimum atomic E-state index is 0.161. The van der Waals surface area contributed by atoms with Crippen molar-refractivity contribution in [2.24, 2.45) is 5.92 Å². The Kier molecular flexibility index (Phi) is 4.24. The van der Waals surface area contributed by atoms with Crippen LogP contribution in [0.5, 0.6) is 0 Å². The van der Waals surface area contributed by atoms with Crippen LogP contribution in [0.25, 0.3) is 0 Å². The summed E-state index contributed by atoms with van der Waals surface area (Å²) in [5, 5.41) is 0. The third-order valence-electron chi connectivity index (χ3n) is 6.71. The average molecular weight is 361 g/mol. The number of hydrogen-bond acceptors (Lipinski definition) is 3. The molecule has 1 amide bonds. The predicted octanol–water partition coefficient (Wildman–Crippen LogP) is 3.09. The lowest BCUT2D eigenvalue weighted by molar-refractivity contribution is 0.0581. The predicted molar refractivity (Wildman–Crippen MR) is 106 cm³/mol. The summed E-state index contributed by atoms with van der Waals surface area (Å²) >= 11 is 0. The summed E-state index contributed by atoms with van der Waals surface area (Å²) in [5.74, 6) is 0.753. The number of piperidine rings is 1. The van der Waals surface area contributed by atoms with Crippen molar-refractivity contribution in [3.05, 3.63) is 65.0 Å². The van der Waals surface area contributed by atoms with Crippen LogP contribution in [-0.2, 0) is 12.8 Å². The van der Waals surface area contributed by atoms with Crippen LogP contribution in [0.15, 0.2) is 42.6 Å². The van der Waals surface area contributed by atoms with E-state index in [2.05, 4.69) is 39.0 Å². The molecular formula is C23H27N3O. The minimum absolute atomic E-state index is 0.161. The Bertz CT molecular complexity index is 822. The van der Waals surface area contributed by atoms with Gasteiger partial charge in [-0.1, -0.05) is 24.3 Å². The number of aryl methyl sites for hydroxylation is 1. The van der Waals surface area contributed by atoms with Crippen molar-refractivity contribution in [3.63, 3.8) is 0 Å². The highest BCUT2D eigenvalue weighted by Gasteiger charge is 2.40. The van der Waals surface area contributed by atoms with Gasteiger partial charge in [0.15, 0.2) is 0 Å². The van der Waals surface area contributed by atoms with E-state index in [0.717, 1.165) is 50.2 Å². The lowest BCUT2D eigenvalue weighted by atomic mass is 9.94. The van der Waals surface area contributed by atoms with Crippen molar-refractivity contribution in [2.45, 2.75) is 44.7 Å². The third-order valence-corrected chi connectivity index (χ3v) is 6.71. The smallest absolute Gasteiger partial charge is 0.255 e. The number of hydrogen-bond donors (Lipinski definition) is 0. The van der Waals surface area contributed by atoms with Gasteiger partial charge in [0.1, 0.15) is 0 Å². The SMILES string of the molecule is Cc1ccc(C(=O)N2C[C@H]3CC[C@@H]2CN(C2Cc4ccccc4C2)C3)cn1. The highest BCUT2D eigenvalue weighted by atomic mass is 16.2. The topological polar surface area (TPSA) is 36.4 Å². The molecule has 0 spiro atoms. The summed E-state index contributed by atoms with van der Waals surface area (Å²) in [4.78, 5) is 22.3. The molecule has 0 unspecified atom stereocenters. The van der Waals surface area contributed by atoms with Crippen molar-refractivity contribution in [3.8, 4) is 0 Å². The third kappa shape index (κ3) is 3.16. The van der Waals surface area contributed by atoms with Crippen molar-refractivity contribution in [1.29, 1.82) is 0 Å². The van der Waals surface area contributed by atoms with Gasteiger partial charge in [-0.2, -0.15) is 0 Å². The van der Waals surface area contributed by atoms with E-state index in [1.54, 1.807) is 6.20 Å². The number of fused-ring (bicyclic) bond motifs is 5. The molecule has 2 atom stereocenters. The van der Waals surface area contributed by atoms with Gasteiger partial charge in [-0.05, 0) is 61.8 Å². The van der Waals surface area contributed by atoms with E-state index >= 15 is 0 Å². The fraction of sp³-hybridized carbons (Fsp3) is 0.478. The van der Waals surface area contributed by atoms with Crippen molar-refractivity contribution < 1.29 is 4.79 Å². The molecule has 4 aliphatic rings. The van der Waals surface area contributed by atoms with Gasteiger partial charge in [-0.15, -0.1) is 0 Å². The monoisotopic (exact) mass is 361 g/mol. The maximum Gasteiger partial charge on any atom is 0.255 e. The molecule has 1 aromatic carbocycles. The Labute approximate surface area is 161 Å². The average Bonchev–Trinajstić information content (AvgIpc) is 2.91. The Morgan fingerprint density at radius 1 is 0.963 bits per heavy atom. The molecule has 3 saturated heterocycles. The second-order valence-electron chi connectivity index (χ2n) is 8.53. The number of carbonyl (C=O) groups excluding carboxylic acids is 1. The first kappa shape index (κ1) is 16.9. The number of carbonyl (C=O) groups is 1. The van der Waals surface area contributed by atoms with E-state index in [1.165, 1.54) is 17.5 Å². The van der Waals surface area contributed by atoms with Crippen molar-refractivity contribution in [1.82, 2.24) is 14.8 Å². The van der Waals surface area contributed by atoms with Gasteiger partial charge >= 0.3 is 0 Å². The summed E-state index contributed by atoms with van der Waals surface area (Å²) in [6, 6.07) is 13.7. The highest BCUT2D eigenvalue weighted by Crippen LogP contribution is 2.33. The molecular weight excluding hydrogens is 334 g/mol. The first-order chi connectivity index (χ1) is 13.2. The molecule has 1 aliphatic carbocycles. The van der Waals surface area contributed by atoms with Crippen LogP contribution in [0, 0.1) is 12.8 Å². The number of nitrogens with zero attached hydrogens (tertiary/aromatic N) is 3. The fourth-order valence-corrected chi connectivity index (χ4v) is 5.22. The number of pyridine rings is 1. The van der Waals surface area contributed by atoms with Gasteiger partial charge in [-0.3, -0.25) is 14.7 Å². The molecule has 1 aromatic heterocycles. The number of aromatic nitrogens is 1. The molecule has 6 rings (SSSR count). The Morgan fingerprint density at radius 2 is 1.74 bits per heavy atom. The van der Waals surface area contributed by atoms with E-state index in [1.807, 2.05) is 19.1 Å². The molecule has 2 bridgehead atoms. The second kappa shape index (κ2) is 6.75. The molecule has 3 fully saturated rings. The molecule has 4 heteroatoms. The van der Waals surface area contributed by atoms with Crippen LogP contribution in [0.2, 0.25) is 0 Å². The fourth-order valence-electron chi connectivity index (χ4n) is 5.22. The van der Waals surface area contributed by atoms with Crippen LogP contribution < -0.4 is 0 Å². The van der Waals surface area contributed by atoms with E-state index in [0.29, 0.717) is 18.0 Å². The summed E-state index contributed by atoms with van der Waals surface area (Å²) in [6.45, 7) is 5.00. The van der Waals surface area contributed by atoms with Gasteiger partial charge in [-0.25, -0.2) is 0 Å². The highest BCUT2D eigenvalue weighted by molar-refractivity contribution is 5.94. The lowest BCUT2D eigenvalue weighted by Gasteiger charge is -2.36. The molecule has 4 heterocycles. The minimum Gasteiger partial charge on any atom is -0.334 e. The first-order valence-electron chi connectivity index (χ1n) is 10.2. The van der Waals surface area contributed by atoms with E-state index in [4.69, 9.17) is 0 Å².